The molecular weight excluding hydrogens is 188 g/mol. The Kier molecular flexibility index (Phi) is 2.45. The number of hydrogen-bond acceptors (Lipinski definition) is 2. The van der Waals surface area contributed by atoms with Crippen molar-refractivity contribution in [1.29, 1.82) is 0 Å². The van der Waals surface area contributed by atoms with E-state index in [4.69, 9.17) is 4.74 Å². The molecule has 1 unspecified atom stereocenters. The number of methoxy groups -OCH3 is 1. The number of carbonyl (C=O) groups excluding carboxylic acids is 1. The fourth-order valence-corrected chi connectivity index (χ4v) is 2.83. The summed E-state index contributed by atoms with van der Waals surface area (Å²) in [6, 6.07) is 0. The minimum absolute atomic E-state index is 0.0573. The van der Waals surface area contributed by atoms with Gasteiger partial charge in [-0.2, -0.15) is 0 Å². The number of esters is 1. The predicted octanol–water partition coefficient (Wildman–Crippen LogP) is 2.85. The van der Waals surface area contributed by atoms with Crippen molar-refractivity contribution in [2.75, 3.05) is 7.11 Å². The van der Waals surface area contributed by atoms with Crippen LogP contribution >= 0.6 is 0 Å². The van der Waals surface area contributed by atoms with Crippen LogP contribution in [0.5, 0.6) is 0 Å². The minimum atomic E-state index is -0.325. The lowest BCUT2D eigenvalue weighted by atomic mass is 9.79. The van der Waals surface area contributed by atoms with Gasteiger partial charge in [0.1, 0.15) is 0 Å². The van der Waals surface area contributed by atoms with Crippen LogP contribution in [0.3, 0.4) is 0 Å². The first-order chi connectivity index (χ1) is 7.12. The Morgan fingerprint density at radius 3 is 2.80 bits per heavy atom. The van der Waals surface area contributed by atoms with Crippen LogP contribution in [0.2, 0.25) is 0 Å². The summed E-state index contributed by atoms with van der Waals surface area (Å²) in [4.78, 5) is 11.9. The van der Waals surface area contributed by atoms with E-state index in [0.717, 1.165) is 19.3 Å². The van der Waals surface area contributed by atoms with E-state index in [1.807, 2.05) is 0 Å². The zero-order valence-electron chi connectivity index (χ0n) is 9.67. The summed E-state index contributed by atoms with van der Waals surface area (Å²) in [6.07, 6.45) is 7.19. The van der Waals surface area contributed by atoms with Gasteiger partial charge in [-0.25, -0.2) is 0 Å². The van der Waals surface area contributed by atoms with Gasteiger partial charge in [0.2, 0.25) is 0 Å². The summed E-state index contributed by atoms with van der Waals surface area (Å²) in [7, 11) is 1.49. The highest BCUT2D eigenvalue weighted by Crippen LogP contribution is 2.52. The van der Waals surface area contributed by atoms with Crippen molar-refractivity contribution in [3.05, 3.63) is 23.3 Å². The SMILES string of the molecule is COC(=O)C12CC=C(C(C)C)C1=CCC2. The van der Waals surface area contributed by atoms with Gasteiger partial charge in [-0.15, -0.1) is 0 Å². The Morgan fingerprint density at radius 1 is 1.47 bits per heavy atom. The van der Waals surface area contributed by atoms with Crippen LogP contribution in [-0.2, 0) is 9.53 Å². The van der Waals surface area contributed by atoms with Crippen molar-refractivity contribution >= 4 is 5.97 Å². The van der Waals surface area contributed by atoms with Gasteiger partial charge in [-0.05, 0) is 36.3 Å². The molecule has 2 aliphatic rings. The Labute approximate surface area is 91.0 Å². The number of rotatable bonds is 2. The molecule has 0 saturated heterocycles. The molecule has 15 heavy (non-hydrogen) atoms. The fourth-order valence-electron chi connectivity index (χ4n) is 2.83. The Balaban J connectivity index is 2.34. The van der Waals surface area contributed by atoms with Gasteiger partial charge < -0.3 is 4.74 Å². The van der Waals surface area contributed by atoms with Crippen LogP contribution in [-0.4, -0.2) is 13.1 Å². The zero-order chi connectivity index (χ0) is 11.1. The second-order valence-corrected chi connectivity index (χ2v) is 4.75. The van der Waals surface area contributed by atoms with Crippen molar-refractivity contribution in [3.8, 4) is 0 Å². The molecule has 0 fully saturated rings. The molecule has 2 nitrogen and oxygen atoms in total. The zero-order valence-corrected chi connectivity index (χ0v) is 9.67. The summed E-state index contributed by atoms with van der Waals surface area (Å²) in [5.41, 5.74) is 2.26. The molecule has 1 atom stereocenters. The first kappa shape index (κ1) is 10.5. The van der Waals surface area contributed by atoms with Gasteiger partial charge in [0, 0.05) is 0 Å². The van der Waals surface area contributed by atoms with Gasteiger partial charge >= 0.3 is 5.97 Å². The lowest BCUT2D eigenvalue weighted by Gasteiger charge is -2.25. The summed E-state index contributed by atoms with van der Waals surface area (Å²) in [5.74, 6) is 0.444. The molecule has 0 saturated carbocycles. The summed E-state index contributed by atoms with van der Waals surface area (Å²) >= 11 is 0. The van der Waals surface area contributed by atoms with E-state index in [1.54, 1.807) is 0 Å². The lowest BCUT2D eigenvalue weighted by molar-refractivity contribution is -0.149. The summed E-state index contributed by atoms with van der Waals surface area (Å²) in [6.45, 7) is 4.36. The van der Waals surface area contributed by atoms with Gasteiger partial charge in [0.05, 0.1) is 12.5 Å². The topological polar surface area (TPSA) is 26.3 Å². The number of carbonyl (C=O) groups is 1. The van der Waals surface area contributed by atoms with Crippen LogP contribution in [0, 0.1) is 11.3 Å². The number of fused-ring (bicyclic) bond motifs is 1. The molecule has 82 valence electrons. The highest BCUT2D eigenvalue weighted by atomic mass is 16.5. The second-order valence-electron chi connectivity index (χ2n) is 4.75. The third-order valence-corrected chi connectivity index (χ3v) is 3.61. The van der Waals surface area contributed by atoms with Crippen molar-refractivity contribution in [2.24, 2.45) is 11.3 Å². The Morgan fingerprint density at radius 2 is 2.20 bits per heavy atom. The van der Waals surface area contributed by atoms with Crippen molar-refractivity contribution in [2.45, 2.75) is 33.1 Å². The average Bonchev–Trinajstić information content (AvgIpc) is 2.73. The van der Waals surface area contributed by atoms with Gasteiger partial charge in [0.15, 0.2) is 0 Å². The van der Waals surface area contributed by atoms with Crippen LogP contribution in [0.1, 0.15) is 33.1 Å². The van der Waals surface area contributed by atoms with Crippen LogP contribution in [0.4, 0.5) is 0 Å². The molecule has 0 bridgehead atoms. The van der Waals surface area contributed by atoms with Crippen LogP contribution in [0.25, 0.3) is 0 Å². The van der Waals surface area contributed by atoms with Gasteiger partial charge in [0.25, 0.3) is 0 Å². The molecule has 2 heteroatoms. The van der Waals surface area contributed by atoms with Crippen molar-refractivity contribution in [1.82, 2.24) is 0 Å². The normalized spacial score (nSPS) is 28.8. The fraction of sp³-hybridized carbons (Fsp3) is 0.615. The van der Waals surface area contributed by atoms with E-state index in [1.165, 1.54) is 18.3 Å². The third-order valence-electron chi connectivity index (χ3n) is 3.61. The highest BCUT2D eigenvalue weighted by Gasteiger charge is 2.49. The van der Waals surface area contributed by atoms with Crippen LogP contribution in [0.15, 0.2) is 23.3 Å². The first-order valence-electron chi connectivity index (χ1n) is 5.61. The summed E-state index contributed by atoms with van der Waals surface area (Å²) < 4.78 is 4.95. The summed E-state index contributed by atoms with van der Waals surface area (Å²) in [5, 5.41) is 0. The molecule has 0 aromatic carbocycles. The maximum Gasteiger partial charge on any atom is 0.316 e. The molecule has 0 spiro atoms. The van der Waals surface area contributed by atoms with E-state index in [-0.39, 0.29) is 11.4 Å². The quantitative estimate of drug-likeness (QED) is 0.649. The maximum atomic E-state index is 11.9. The number of allylic oxidation sites excluding steroid dienone is 3. The number of hydrogen-bond donors (Lipinski definition) is 0. The molecule has 0 aromatic heterocycles. The third kappa shape index (κ3) is 1.35. The van der Waals surface area contributed by atoms with Crippen molar-refractivity contribution in [3.63, 3.8) is 0 Å². The van der Waals surface area contributed by atoms with E-state index in [9.17, 15) is 4.79 Å². The molecule has 0 aliphatic heterocycles. The molecule has 0 heterocycles. The molecule has 2 rings (SSSR count). The van der Waals surface area contributed by atoms with Gasteiger partial charge in [-0.1, -0.05) is 26.0 Å². The molecular formula is C13H18O2. The number of ether oxygens (including phenoxy) is 1. The molecule has 0 radical (unpaired) electrons. The monoisotopic (exact) mass is 206 g/mol. The molecule has 2 aliphatic carbocycles. The molecule has 0 N–H and O–H groups in total. The maximum absolute atomic E-state index is 11.9. The minimum Gasteiger partial charge on any atom is -0.468 e. The van der Waals surface area contributed by atoms with E-state index < -0.39 is 0 Å². The Bertz CT molecular complexity index is 350. The van der Waals surface area contributed by atoms with Crippen molar-refractivity contribution < 1.29 is 9.53 Å². The predicted molar refractivity (Wildman–Crippen MR) is 59.3 cm³/mol. The molecule has 0 aromatic rings. The van der Waals surface area contributed by atoms with E-state index in [2.05, 4.69) is 26.0 Å². The van der Waals surface area contributed by atoms with E-state index >= 15 is 0 Å². The first-order valence-corrected chi connectivity index (χ1v) is 5.61. The smallest absolute Gasteiger partial charge is 0.316 e. The average molecular weight is 206 g/mol. The van der Waals surface area contributed by atoms with E-state index in [0.29, 0.717) is 5.92 Å². The lowest BCUT2D eigenvalue weighted by Crippen LogP contribution is -2.29. The highest BCUT2D eigenvalue weighted by molar-refractivity contribution is 5.84. The van der Waals surface area contributed by atoms with Gasteiger partial charge in [-0.3, -0.25) is 4.79 Å². The molecule has 0 amide bonds. The van der Waals surface area contributed by atoms with Crippen LogP contribution < -0.4 is 0 Å². The Hall–Kier alpha value is -1.05. The largest absolute Gasteiger partial charge is 0.468 e. The standard InChI is InChI=1S/C13H18O2/c1-9(2)10-6-8-13(12(14)15-3)7-4-5-11(10)13/h5-6,9H,4,7-8H2,1-3H3. The second kappa shape index (κ2) is 3.51.